The minimum Gasteiger partial charge on any atom is -0.336 e. The highest BCUT2D eigenvalue weighted by molar-refractivity contribution is 14.1. The van der Waals surface area contributed by atoms with Crippen molar-refractivity contribution < 1.29 is 4.79 Å². The number of amides is 1. The monoisotopic (exact) mass is 328 g/mol. The quantitative estimate of drug-likeness (QED) is 0.867. The molecule has 0 spiro atoms. The van der Waals surface area contributed by atoms with Gasteiger partial charge in [-0.3, -0.25) is 4.79 Å². The van der Waals surface area contributed by atoms with Gasteiger partial charge in [0.15, 0.2) is 0 Å². The molecule has 1 unspecified atom stereocenters. The fourth-order valence-electron chi connectivity index (χ4n) is 1.20. The van der Waals surface area contributed by atoms with Crippen LogP contribution in [0.3, 0.4) is 0 Å². The molecule has 1 aromatic carbocycles. The summed E-state index contributed by atoms with van der Waals surface area (Å²) in [5.41, 5.74) is 0.591. The summed E-state index contributed by atoms with van der Waals surface area (Å²) in [6.45, 7) is 3.81. The summed E-state index contributed by atoms with van der Waals surface area (Å²) in [6, 6.07) is 8.93. The summed E-state index contributed by atoms with van der Waals surface area (Å²) in [5, 5.41) is 11.6. The van der Waals surface area contributed by atoms with Gasteiger partial charge in [0.1, 0.15) is 6.04 Å². The molecule has 1 atom stereocenters. The maximum absolute atomic E-state index is 11.8. The van der Waals surface area contributed by atoms with Gasteiger partial charge in [-0.25, -0.2) is 0 Å². The van der Waals surface area contributed by atoms with Crippen LogP contribution >= 0.6 is 22.6 Å². The Morgan fingerprint density at radius 1 is 1.50 bits per heavy atom. The lowest BCUT2D eigenvalue weighted by atomic mass is 10.1. The lowest BCUT2D eigenvalue weighted by Crippen LogP contribution is -2.37. The molecule has 84 valence electrons. The number of nitrogens with zero attached hydrogens (tertiary/aromatic N) is 1. The van der Waals surface area contributed by atoms with E-state index in [9.17, 15) is 4.79 Å². The van der Waals surface area contributed by atoms with E-state index in [-0.39, 0.29) is 11.8 Å². The molecule has 3 nitrogen and oxygen atoms in total. The van der Waals surface area contributed by atoms with Crippen LogP contribution in [-0.4, -0.2) is 11.9 Å². The van der Waals surface area contributed by atoms with Crippen molar-refractivity contribution in [2.45, 2.75) is 19.9 Å². The van der Waals surface area contributed by atoms with Gasteiger partial charge >= 0.3 is 0 Å². The van der Waals surface area contributed by atoms with E-state index in [2.05, 4.69) is 34.0 Å². The molecular formula is C12H13IN2O. The summed E-state index contributed by atoms with van der Waals surface area (Å²) >= 11 is 2.15. The number of nitrogens with one attached hydrogen (secondary N) is 1. The fourth-order valence-corrected chi connectivity index (χ4v) is 1.75. The van der Waals surface area contributed by atoms with Gasteiger partial charge in [0.05, 0.1) is 6.07 Å². The maximum atomic E-state index is 11.8. The number of carbonyl (C=O) groups is 1. The van der Waals surface area contributed by atoms with Crippen molar-refractivity contribution in [3.63, 3.8) is 0 Å². The molecule has 1 aromatic rings. The third-order valence-corrected chi connectivity index (χ3v) is 2.85. The van der Waals surface area contributed by atoms with Crippen molar-refractivity contribution in [1.29, 1.82) is 5.26 Å². The molecule has 1 rings (SSSR count). The lowest BCUT2D eigenvalue weighted by Gasteiger charge is -2.14. The van der Waals surface area contributed by atoms with Crippen LogP contribution in [0.1, 0.15) is 24.2 Å². The Bertz CT molecular complexity index is 423. The van der Waals surface area contributed by atoms with Crippen LogP contribution in [0.2, 0.25) is 0 Å². The summed E-state index contributed by atoms with van der Waals surface area (Å²) in [7, 11) is 0. The molecule has 0 bridgehead atoms. The van der Waals surface area contributed by atoms with Crippen molar-refractivity contribution in [2.75, 3.05) is 0 Å². The van der Waals surface area contributed by atoms with Gasteiger partial charge in [-0.2, -0.15) is 5.26 Å². The predicted molar refractivity (Wildman–Crippen MR) is 70.9 cm³/mol. The highest BCUT2D eigenvalue weighted by atomic mass is 127. The number of rotatable bonds is 3. The molecule has 16 heavy (non-hydrogen) atoms. The Balaban J connectivity index is 2.77. The first-order valence-electron chi connectivity index (χ1n) is 5.00. The Kier molecular flexibility index (Phi) is 4.74. The molecule has 0 aliphatic rings. The maximum Gasteiger partial charge on any atom is 0.252 e. The highest BCUT2D eigenvalue weighted by Crippen LogP contribution is 2.09. The average Bonchev–Trinajstić information content (AvgIpc) is 2.25. The second-order valence-electron chi connectivity index (χ2n) is 3.83. The number of hydrogen-bond donors (Lipinski definition) is 1. The molecule has 1 amide bonds. The normalized spacial score (nSPS) is 11.9. The Labute approximate surface area is 109 Å². The van der Waals surface area contributed by atoms with Crippen molar-refractivity contribution in [3.05, 3.63) is 33.4 Å². The molecule has 0 fully saturated rings. The predicted octanol–water partition coefficient (Wildman–Crippen LogP) is 2.57. The van der Waals surface area contributed by atoms with Crippen molar-refractivity contribution in [3.8, 4) is 6.07 Å². The van der Waals surface area contributed by atoms with Gasteiger partial charge in [-0.15, -0.1) is 0 Å². The summed E-state index contributed by atoms with van der Waals surface area (Å²) in [4.78, 5) is 11.8. The Hall–Kier alpha value is -1.09. The summed E-state index contributed by atoms with van der Waals surface area (Å²) in [6.07, 6.45) is 0. The van der Waals surface area contributed by atoms with Crippen LogP contribution in [0.5, 0.6) is 0 Å². The first-order valence-corrected chi connectivity index (χ1v) is 6.08. The van der Waals surface area contributed by atoms with Crippen LogP contribution in [0.25, 0.3) is 0 Å². The van der Waals surface area contributed by atoms with Crippen LogP contribution in [0.15, 0.2) is 24.3 Å². The average molecular weight is 328 g/mol. The largest absolute Gasteiger partial charge is 0.336 e. The molecule has 0 aromatic heterocycles. The molecule has 0 saturated heterocycles. The minimum absolute atomic E-state index is 0.108. The van der Waals surface area contributed by atoms with Gasteiger partial charge in [0.25, 0.3) is 5.91 Å². The zero-order chi connectivity index (χ0) is 12.1. The van der Waals surface area contributed by atoms with Crippen molar-refractivity contribution in [1.82, 2.24) is 5.32 Å². The number of halogens is 1. The molecule has 0 aliphatic carbocycles. The zero-order valence-corrected chi connectivity index (χ0v) is 11.4. The van der Waals surface area contributed by atoms with Gasteiger partial charge in [-0.1, -0.05) is 19.9 Å². The van der Waals surface area contributed by atoms with E-state index >= 15 is 0 Å². The molecule has 0 radical (unpaired) electrons. The van der Waals surface area contributed by atoms with Crippen LogP contribution in [-0.2, 0) is 0 Å². The Morgan fingerprint density at radius 3 is 2.69 bits per heavy atom. The van der Waals surface area contributed by atoms with E-state index in [1.54, 1.807) is 12.1 Å². The zero-order valence-electron chi connectivity index (χ0n) is 9.20. The first kappa shape index (κ1) is 13.0. The van der Waals surface area contributed by atoms with Crippen LogP contribution in [0.4, 0.5) is 0 Å². The molecular weight excluding hydrogens is 315 g/mol. The molecule has 0 saturated carbocycles. The second-order valence-corrected chi connectivity index (χ2v) is 5.08. The smallest absolute Gasteiger partial charge is 0.252 e. The highest BCUT2D eigenvalue weighted by Gasteiger charge is 2.16. The van der Waals surface area contributed by atoms with E-state index in [1.807, 2.05) is 26.0 Å². The number of hydrogen-bond acceptors (Lipinski definition) is 2. The van der Waals surface area contributed by atoms with Gasteiger partial charge in [0.2, 0.25) is 0 Å². The topological polar surface area (TPSA) is 52.9 Å². The number of nitriles is 1. The first-order chi connectivity index (χ1) is 7.54. The molecule has 0 aliphatic heterocycles. The van der Waals surface area contributed by atoms with E-state index < -0.39 is 6.04 Å². The fraction of sp³-hybridized carbons (Fsp3) is 0.333. The standard InChI is InChI=1S/C12H13IN2O/c1-8(2)11(7-14)15-12(16)9-4-3-5-10(13)6-9/h3-6,8,11H,1-2H3,(H,15,16). The number of benzene rings is 1. The van der Waals surface area contributed by atoms with E-state index in [0.717, 1.165) is 3.57 Å². The third kappa shape index (κ3) is 3.49. The second kappa shape index (κ2) is 5.85. The van der Waals surface area contributed by atoms with Crippen LogP contribution < -0.4 is 5.32 Å². The van der Waals surface area contributed by atoms with Crippen molar-refractivity contribution >= 4 is 28.5 Å². The number of carbonyl (C=O) groups excluding carboxylic acids is 1. The van der Waals surface area contributed by atoms with E-state index in [4.69, 9.17) is 5.26 Å². The molecule has 1 N–H and O–H groups in total. The van der Waals surface area contributed by atoms with Crippen molar-refractivity contribution in [2.24, 2.45) is 5.92 Å². The summed E-state index contributed by atoms with van der Waals surface area (Å²) < 4.78 is 1.00. The minimum atomic E-state index is -0.439. The Morgan fingerprint density at radius 2 is 2.19 bits per heavy atom. The van der Waals surface area contributed by atoms with Gasteiger partial charge in [0, 0.05) is 9.13 Å². The van der Waals surface area contributed by atoms with Gasteiger partial charge < -0.3 is 5.32 Å². The lowest BCUT2D eigenvalue weighted by molar-refractivity contribution is 0.0937. The summed E-state index contributed by atoms with van der Waals surface area (Å²) in [5.74, 6) is -0.0875. The SMILES string of the molecule is CC(C)C(C#N)NC(=O)c1cccc(I)c1. The van der Waals surface area contributed by atoms with E-state index in [0.29, 0.717) is 5.56 Å². The molecule has 0 heterocycles. The third-order valence-electron chi connectivity index (χ3n) is 2.18. The molecule has 4 heteroatoms. The van der Waals surface area contributed by atoms with Gasteiger partial charge in [-0.05, 0) is 46.7 Å². The van der Waals surface area contributed by atoms with Crippen LogP contribution in [0, 0.1) is 20.8 Å². The van der Waals surface area contributed by atoms with E-state index in [1.165, 1.54) is 0 Å².